The maximum atomic E-state index is 9.00. The molecule has 0 amide bonds. The summed E-state index contributed by atoms with van der Waals surface area (Å²) in [5.74, 6) is -0.833. The highest BCUT2D eigenvalue weighted by Gasteiger charge is 1.87. The number of aliphatic carboxylic acids is 1. The zero-order valence-corrected chi connectivity index (χ0v) is 12.5. The van der Waals surface area contributed by atoms with Gasteiger partial charge in [0.2, 0.25) is 0 Å². The van der Waals surface area contributed by atoms with Crippen LogP contribution in [0.3, 0.4) is 0 Å². The Morgan fingerprint density at radius 1 is 0.947 bits per heavy atom. The SMILES string of the molecule is CC(=O)O.CCCCCCCCC=CC=CCCO. The average Bonchev–Trinajstić information content (AvgIpc) is 2.35. The zero-order valence-electron chi connectivity index (χ0n) is 12.5. The van der Waals surface area contributed by atoms with Crippen molar-refractivity contribution in [2.75, 3.05) is 6.61 Å². The third-order valence-electron chi connectivity index (χ3n) is 2.40. The normalized spacial score (nSPS) is 10.7. The molecule has 0 atom stereocenters. The molecule has 0 bridgehead atoms. The molecule has 0 aromatic carbocycles. The molecule has 0 aliphatic carbocycles. The Morgan fingerprint density at radius 2 is 1.42 bits per heavy atom. The molecule has 0 fully saturated rings. The van der Waals surface area contributed by atoms with Crippen LogP contribution in [-0.2, 0) is 4.79 Å². The van der Waals surface area contributed by atoms with Gasteiger partial charge >= 0.3 is 0 Å². The summed E-state index contributed by atoms with van der Waals surface area (Å²) in [6.45, 7) is 3.59. The van der Waals surface area contributed by atoms with Crippen molar-refractivity contribution in [3.63, 3.8) is 0 Å². The van der Waals surface area contributed by atoms with Gasteiger partial charge < -0.3 is 10.2 Å². The van der Waals surface area contributed by atoms with Crippen LogP contribution in [0.2, 0.25) is 0 Å². The monoisotopic (exact) mass is 270 g/mol. The van der Waals surface area contributed by atoms with E-state index in [9.17, 15) is 0 Å². The predicted molar refractivity (Wildman–Crippen MR) is 81.3 cm³/mol. The van der Waals surface area contributed by atoms with Crippen LogP contribution in [0.1, 0.15) is 65.2 Å². The van der Waals surface area contributed by atoms with Crippen molar-refractivity contribution in [2.45, 2.75) is 65.2 Å². The maximum absolute atomic E-state index is 9.00. The van der Waals surface area contributed by atoms with Gasteiger partial charge in [-0.3, -0.25) is 4.79 Å². The van der Waals surface area contributed by atoms with E-state index in [2.05, 4.69) is 19.1 Å². The molecule has 0 rings (SSSR count). The number of carbonyl (C=O) groups is 1. The minimum Gasteiger partial charge on any atom is -0.481 e. The van der Waals surface area contributed by atoms with Crippen molar-refractivity contribution in [3.05, 3.63) is 24.3 Å². The Morgan fingerprint density at radius 3 is 1.95 bits per heavy atom. The first kappa shape index (κ1) is 20.2. The molecule has 0 spiro atoms. The molecule has 0 aliphatic heterocycles. The van der Waals surface area contributed by atoms with E-state index in [1.165, 1.54) is 44.9 Å². The fourth-order valence-electron chi connectivity index (χ4n) is 1.47. The first-order valence-electron chi connectivity index (χ1n) is 7.27. The summed E-state index contributed by atoms with van der Waals surface area (Å²) in [6.07, 6.45) is 18.5. The second-order valence-electron chi connectivity index (χ2n) is 4.44. The van der Waals surface area contributed by atoms with Gasteiger partial charge in [-0.1, -0.05) is 63.3 Å². The molecule has 3 nitrogen and oxygen atoms in total. The molecule has 0 radical (unpaired) electrons. The van der Waals surface area contributed by atoms with Crippen molar-refractivity contribution in [2.24, 2.45) is 0 Å². The Kier molecular flexibility index (Phi) is 20.5. The minimum atomic E-state index is -0.833. The van der Waals surface area contributed by atoms with E-state index in [-0.39, 0.29) is 6.61 Å². The highest BCUT2D eigenvalue weighted by Crippen LogP contribution is 2.07. The van der Waals surface area contributed by atoms with E-state index in [1.807, 2.05) is 12.2 Å². The second kappa shape index (κ2) is 19.3. The predicted octanol–water partition coefficient (Wildman–Crippen LogP) is 4.32. The summed E-state index contributed by atoms with van der Waals surface area (Å²) in [7, 11) is 0. The lowest BCUT2D eigenvalue weighted by Gasteiger charge is -1.97. The van der Waals surface area contributed by atoms with Crippen molar-refractivity contribution in [3.8, 4) is 0 Å². The van der Waals surface area contributed by atoms with Crippen molar-refractivity contribution < 1.29 is 15.0 Å². The molecule has 3 heteroatoms. The number of carboxylic acid groups (broad SMARTS) is 1. The van der Waals surface area contributed by atoms with Gasteiger partial charge in [-0.05, 0) is 19.3 Å². The van der Waals surface area contributed by atoms with Crippen molar-refractivity contribution >= 4 is 5.97 Å². The lowest BCUT2D eigenvalue weighted by Crippen LogP contribution is -1.78. The minimum absolute atomic E-state index is 0.252. The summed E-state index contributed by atoms with van der Waals surface area (Å²) in [6, 6.07) is 0. The summed E-state index contributed by atoms with van der Waals surface area (Å²) < 4.78 is 0. The van der Waals surface area contributed by atoms with Crippen LogP contribution in [0.4, 0.5) is 0 Å². The largest absolute Gasteiger partial charge is 0.481 e. The van der Waals surface area contributed by atoms with Crippen molar-refractivity contribution in [1.29, 1.82) is 0 Å². The van der Waals surface area contributed by atoms with E-state index >= 15 is 0 Å². The van der Waals surface area contributed by atoms with Crippen LogP contribution >= 0.6 is 0 Å². The Balaban J connectivity index is 0. The maximum Gasteiger partial charge on any atom is 0.300 e. The fraction of sp³-hybridized carbons (Fsp3) is 0.688. The molecule has 0 aromatic rings. The number of unbranched alkanes of at least 4 members (excludes halogenated alkanes) is 6. The summed E-state index contributed by atoms with van der Waals surface area (Å²) in [4.78, 5) is 9.00. The first-order valence-corrected chi connectivity index (χ1v) is 7.27. The van der Waals surface area contributed by atoms with Gasteiger partial charge in [0.25, 0.3) is 5.97 Å². The smallest absolute Gasteiger partial charge is 0.300 e. The van der Waals surface area contributed by atoms with Crippen LogP contribution in [-0.4, -0.2) is 22.8 Å². The summed E-state index contributed by atoms with van der Waals surface area (Å²) in [5.41, 5.74) is 0. The lowest BCUT2D eigenvalue weighted by atomic mass is 10.1. The fourth-order valence-corrected chi connectivity index (χ4v) is 1.47. The Bertz CT molecular complexity index is 228. The van der Waals surface area contributed by atoms with Crippen LogP contribution in [0.25, 0.3) is 0 Å². The molecule has 0 aromatic heterocycles. The second-order valence-corrected chi connectivity index (χ2v) is 4.44. The standard InChI is InChI=1S/C14H26O.C2H4O2/c1-2-3-4-5-6-7-8-9-10-11-12-13-14-15;1-2(3)4/h9-12,15H,2-8,13-14H2,1H3;1H3,(H,3,4). The molecule has 0 saturated heterocycles. The zero-order chi connectivity index (χ0) is 14.8. The number of rotatable bonds is 10. The van der Waals surface area contributed by atoms with E-state index in [4.69, 9.17) is 15.0 Å². The molecular weight excluding hydrogens is 240 g/mol. The van der Waals surface area contributed by atoms with E-state index in [0.29, 0.717) is 0 Å². The Hall–Kier alpha value is -1.09. The van der Waals surface area contributed by atoms with Gasteiger partial charge in [0.05, 0.1) is 0 Å². The van der Waals surface area contributed by atoms with Gasteiger partial charge in [0.15, 0.2) is 0 Å². The molecule has 0 heterocycles. The number of hydrogen-bond donors (Lipinski definition) is 2. The van der Waals surface area contributed by atoms with Gasteiger partial charge in [0.1, 0.15) is 0 Å². The lowest BCUT2D eigenvalue weighted by molar-refractivity contribution is -0.134. The van der Waals surface area contributed by atoms with Crippen molar-refractivity contribution in [1.82, 2.24) is 0 Å². The number of aliphatic hydroxyl groups is 1. The van der Waals surface area contributed by atoms with Gasteiger partial charge in [-0.2, -0.15) is 0 Å². The summed E-state index contributed by atoms with van der Waals surface area (Å²) >= 11 is 0. The third kappa shape index (κ3) is 31.6. The molecule has 19 heavy (non-hydrogen) atoms. The molecular formula is C16H30O3. The topological polar surface area (TPSA) is 57.5 Å². The van der Waals surface area contributed by atoms with Crippen LogP contribution in [0.5, 0.6) is 0 Å². The molecule has 112 valence electrons. The van der Waals surface area contributed by atoms with E-state index in [0.717, 1.165) is 13.3 Å². The molecule has 0 unspecified atom stereocenters. The van der Waals surface area contributed by atoms with Gasteiger partial charge in [-0.15, -0.1) is 0 Å². The highest BCUT2D eigenvalue weighted by atomic mass is 16.4. The average molecular weight is 270 g/mol. The third-order valence-corrected chi connectivity index (χ3v) is 2.40. The summed E-state index contributed by atoms with van der Waals surface area (Å²) in [5, 5.41) is 16.0. The Labute approximate surface area is 118 Å². The number of aliphatic hydroxyl groups excluding tert-OH is 1. The van der Waals surface area contributed by atoms with E-state index < -0.39 is 5.97 Å². The number of carboxylic acids is 1. The van der Waals surface area contributed by atoms with Gasteiger partial charge in [0, 0.05) is 13.5 Å². The van der Waals surface area contributed by atoms with E-state index in [1.54, 1.807) is 0 Å². The van der Waals surface area contributed by atoms with Crippen LogP contribution in [0, 0.1) is 0 Å². The van der Waals surface area contributed by atoms with Crippen LogP contribution in [0.15, 0.2) is 24.3 Å². The molecule has 0 saturated carbocycles. The highest BCUT2D eigenvalue weighted by molar-refractivity contribution is 5.62. The molecule has 0 aliphatic rings. The number of allylic oxidation sites excluding steroid dienone is 3. The molecule has 2 N–H and O–H groups in total. The van der Waals surface area contributed by atoms with Gasteiger partial charge in [-0.25, -0.2) is 0 Å². The quantitative estimate of drug-likeness (QED) is 0.459. The van der Waals surface area contributed by atoms with Crippen LogP contribution < -0.4 is 0 Å². The number of hydrogen-bond acceptors (Lipinski definition) is 2. The first-order chi connectivity index (χ1) is 9.15.